The number of carbonyl (C=O) groups excluding carboxylic acids is 2. The van der Waals surface area contributed by atoms with E-state index < -0.39 is 0 Å². The first-order valence-corrected chi connectivity index (χ1v) is 12.4. The van der Waals surface area contributed by atoms with Gasteiger partial charge in [0, 0.05) is 19.5 Å². The minimum atomic E-state index is -0.365. The first-order chi connectivity index (χ1) is 17.9. The molecule has 0 bridgehead atoms. The van der Waals surface area contributed by atoms with Crippen LogP contribution in [0.2, 0.25) is 0 Å². The van der Waals surface area contributed by atoms with E-state index >= 15 is 0 Å². The van der Waals surface area contributed by atoms with E-state index in [2.05, 4.69) is 34.9 Å². The Labute approximate surface area is 218 Å². The van der Waals surface area contributed by atoms with Crippen molar-refractivity contribution in [2.75, 3.05) is 0 Å². The van der Waals surface area contributed by atoms with Crippen LogP contribution < -0.4 is 16.4 Å². The molecule has 4 aromatic rings. The van der Waals surface area contributed by atoms with Gasteiger partial charge in [-0.3, -0.25) is 9.59 Å². The summed E-state index contributed by atoms with van der Waals surface area (Å²) < 4.78 is 0. The Hall–Kier alpha value is -4.16. The van der Waals surface area contributed by atoms with Gasteiger partial charge in [-0.05, 0) is 64.6 Å². The fourth-order valence-corrected chi connectivity index (χ4v) is 3.80. The second kappa shape index (κ2) is 14.4. The number of hydrogen-bond acceptors (Lipinski definition) is 4. The molecule has 1 radical (unpaired) electrons. The Morgan fingerprint density at radius 2 is 1.57 bits per heavy atom. The molecule has 0 spiro atoms. The van der Waals surface area contributed by atoms with Crippen LogP contribution in [-0.2, 0) is 29.1 Å². The van der Waals surface area contributed by atoms with Crippen molar-refractivity contribution in [3.05, 3.63) is 114 Å². The lowest BCUT2D eigenvalue weighted by Crippen LogP contribution is -2.41. The zero-order valence-electron chi connectivity index (χ0n) is 21.1. The van der Waals surface area contributed by atoms with E-state index in [4.69, 9.17) is 5.73 Å². The van der Waals surface area contributed by atoms with Gasteiger partial charge in [0.15, 0.2) is 0 Å². The van der Waals surface area contributed by atoms with Crippen molar-refractivity contribution in [2.24, 2.45) is 5.73 Å². The van der Waals surface area contributed by atoms with Crippen LogP contribution in [0.4, 0.5) is 0 Å². The van der Waals surface area contributed by atoms with Crippen molar-refractivity contribution >= 4 is 22.6 Å². The number of amides is 2. The Balaban J connectivity index is 0.000000266. The van der Waals surface area contributed by atoms with E-state index in [9.17, 15) is 14.7 Å². The van der Waals surface area contributed by atoms with E-state index in [-0.39, 0.29) is 23.6 Å². The predicted octanol–water partition coefficient (Wildman–Crippen LogP) is 4.63. The lowest BCUT2D eigenvalue weighted by Gasteiger charge is -2.16. The van der Waals surface area contributed by atoms with Gasteiger partial charge in [0.25, 0.3) is 0 Å². The molecular weight excluding hydrogens is 462 g/mol. The number of aryl methyl sites for hydroxylation is 1. The van der Waals surface area contributed by atoms with Gasteiger partial charge >= 0.3 is 0 Å². The summed E-state index contributed by atoms with van der Waals surface area (Å²) in [6.07, 6.45) is 2.01. The van der Waals surface area contributed by atoms with E-state index in [1.54, 1.807) is 12.1 Å². The number of benzene rings is 4. The summed E-state index contributed by atoms with van der Waals surface area (Å²) in [6.45, 7) is 3.02. The normalized spacial score (nSPS) is 11.3. The molecule has 6 heteroatoms. The van der Waals surface area contributed by atoms with Gasteiger partial charge in [0.2, 0.25) is 11.8 Å². The average Bonchev–Trinajstić information content (AvgIpc) is 2.93. The van der Waals surface area contributed by atoms with Crippen molar-refractivity contribution in [1.82, 2.24) is 10.6 Å². The topological polar surface area (TPSA) is 104 Å². The summed E-state index contributed by atoms with van der Waals surface area (Å²) in [5.41, 5.74) is 8.92. The summed E-state index contributed by atoms with van der Waals surface area (Å²) >= 11 is 0. The van der Waals surface area contributed by atoms with Gasteiger partial charge in [0.05, 0.1) is 6.04 Å². The number of phenolic OH excluding ortho intramolecular Hbond substituents is 1. The summed E-state index contributed by atoms with van der Waals surface area (Å²) in [5.74, 6) is 0.0116. The number of primary amides is 1. The third kappa shape index (κ3) is 9.43. The minimum absolute atomic E-state index is 0.0860. The van der Waals surface area contributed by atoms with Crippen LogP contribution in [0.3, 0.4) is 0 Å². The summed E-state index contributed by atoms with van der Waals surface area (Å²) in [6, 6.07) is 31.5. The van der Waals surface area contributed by atoms with Crippen LogP contribution in [0.25, 0.3) is 10.8 Å². The van der Waals surface area contributed by atoms with Crippen molar-refractivity contribution in [1.29, 1.82) is 0 Å². The Kier molecular flexibility index (Phi) is 10.7. The number of carbonyl (C=O) groups is 2. The second-order valence-corrected chi connectivity index (χ2v) is 8.76. The average molecular weight is 497 g/mol. The maximum atomic E-state index is 11.7. The highest BCUT2D eigenvalue weighted by atomic mass is 16.3. The van der Waals surface area contributed by atoms with Gasteiger partial charge in [-0.25, -0.2) is 0 Å². The highest BCUT2D eigenvalue weighted by Gasteiger charge is 2.14. The molecule has 0 saturated carbocycles. The Bertz CT molecular complexity index is 1280. The lowest BCUT2D eigenvalue weighted by molar-refractivity contribution is -0.121. The molecule has 0 aliphatic rings. The standard InChI is InChI=1S/C21H22N2O2.C10H12NO/c22-21(25)20(11-7-15-4-2-1-3-5-15)23-14-16-6-8-18-13-19(24)10-9-17(18)12-16;1-2-10(12)11-8-9-6-4-3-5-7-9/h1-6,8-10,12-13,20,23-24H,7,11,14H2,(H2,22,25);4-7H,2,8H2,1H3,(H,11,12)/t20-;/m1./s1. The van der Waals surface area contributed by atoms with E-state index in [1.807, 2.05) is 67.6 Å². The van der Waals surface area contributed by atoms with Crippen molar-refractivity contribution in [3.8, 4) is 5.75 Å². The van der Waals surface area contributed by atoms with Crippen LogP contribution in [-0.4, -0.2) is 23.0 Å². The summed E-state index contributed by atoms with van der Waals surface area (Å²) in [4.78, 5) is 22.6. The van der Waals surface area contributed by atoms with Gasteiger partial charge in [-0.1, -0.05) is 79.7 Å². The molecule has 0 aliphatic heterocycles. The first-order valence-electron chi connectivity index (χ1n) is 12.4. The number of aromatic hydroxyl groups is 1. The largest absolute Gasteiger partial charge is 0.508 e. The molecule has 4 rings (SSSR count). The molecule has 2 amide bonds. The molecule has 191 valence electrons. The van der Waals surface area contributed by atoms with Crippen molar-refractivity contribution in [3.63, 3.8) is 0 Å². The summed E-state index contributed by atoms with van der Waals surface area (Å²) in [5, 5.41) is 17.6. The van der Waals surface area contributed by atoms with Crippen molar-refractivity contribution < 1.29 is 14.7 Å². The first kappa shape index (κ1) is 27.4. The molecule has 0 unspecified atom stereocenters. The van der Waals surface area contributed by atoms with Crippen molar-refractivity contribution in [2.45, 2.75) is 45.3 Å². The fraction of sp³-hybridized carbons (Fsp3) is 0.226. The highest BCUT2D eigenvalue weighted by molar-refractivity contribution is 5.84. The number of fused-ring (bicyclic) bond motifs is 1. The number of phenols is 1. The zero-order chi connectivity index (χ0) is 26.5. The van der Waals surface area contributed by atoms with Gasteiger partial charge in [-0.15, -0.1) is 0 Å². The number of rotatable bonds is 10. The van der Waals surface area contributed by atoms with Crippen LogP contribution in [0, 0.1) is 6.07 Å². The van der Waals surface area contributed by atoms with Gasteiger partial charge in [0.1, 0.15) is 5.75 Å². The number of hydrogen-bond donors (Lipinski definition) is 4. The zero-order valence-corrected chi connectivity index (χ0v) is 21.1. The predicted molar refractivity (Wildman–Crippen MR) is 148 cm³/mol. The second-order valence-electron chi connectivity index (χ2n) is 8.76. The Morgan fingerprint density at radius 1 is 0.865 bits per heavy atom. The van der Waals surface area contributed by atoms with Crippen LogP contribution in [0.1, 0.15) is 36.5 Å². The third-order valence-corrected chi connectivity index (χ3v) is 5.95. The quantitative estimate of drug-likeness (QED) is 0.257. The molecular formula is C31H34N3O3. The maximum absolute atomic E-state index is 11.7. The van der Waals surface area contributed by atoms with E-state index in [0.29, 0.717) is 25.9 Å². The molecule has 0 aliphatic carbocycles. The SMILES string of the molecule is CCC(=O)NCc1cc[c]cc1.NC(=O)[C@@H](CCc1ccccc1)NCc1ccc2cc(O)ccc2c1. The fourth-order valence-electron chi connectivity index (χ4n) is 3.80. The van der Waals surface area contributed by atoms with Crippen LogP contribution >= 0.6 is 0 Å². The molecule has 5 N–H and O–H groups in total. The molecule has 37 heavy (non-hydrogen) atoms. The Morgan fingerprint density at radius 3 is 2.27 bits per heavy atom. The van der Waals surface area contributed by atoms with Crippen LogP contribution in [0.5, 0.6) is 5.75 Å². The van der Waals surface area contributed by atoms with Gasteiger partial charge < -0.3 is 21.5 Å². The molecule has 0 heterocycles. The third-order valence-electron chi connectivity index (χ3n) is 5.95. The van der Waals surface area contributed by atoms with Gasteiger partial charge in [-0.2, -0.15) is 0 Å². The smallest absolute Gasteiger partial charge is 0.234 e. The monoisotopic (exact) mass is 496 g/mol. The lowest BCUT2D eigenvalue weighted by atomic mass is 10.0. The molecule has 0 aromatic heterocycles. The molecule has 4 aromatic carbocycles. The molecule has 0 saturated heterocycles. The number of nitrogens with two attached hydrogens (primary N) is 1. The van der Waals surface area contributed by atoms with E-state index in [0.717, 1.165) is 28.3 Å². The molecule has 0 fully saturated rings. The minimum Gasteiger partial charge on any atom is -0.508 e. The molecule has 1 atom stereocenters. The van der Waals surface area contributed by atoms with Crippen LogP contribution in [0.15, 0.2) is 91.0 Å². The highest BCUT2D eigenvalue weighted by Crippen LogP contribution is 2.21. The molecule has 6 nitrogen and oxygen atoms in total. The maximum Gasteiger partial charge on any atom is 0.234 e. The number of nitrogens with one attached hydrogen (secondary N) is 2. The summed E-state index contributed by atoms with van der Waals surface area (Å²) in [7, 11) is 0. The van der Waals surface area contributed by atoms with E-state index in [1.165, 1.54) is 5.56 Å².